The van der Waals surface area contributed by atoms with Crippen molar-refractivity contribution in [3.8, 4) is 0 Å². The molecule has 0 aliphatic carbocycles. The van der Waals surface area contributed by atoms with Gasteiger partial charge in [-0.05, 0) is 44.9 Å². The van der Waals surface area contributed by atoms with Crippen LogP contribution < -0.4 is 0 Å². The Morgan fingerprint density at radius 3 is 0.958 bits per heavy atom. The Morgan fingerprint density at radius 2 is 0.639 bits per heavy atom. The zero-order valence-corrected chi connectivity index (χ0v) is 48.1. The van der Waals surface area contributed by atoms with E-state index in [1.807, 2.05) is 0 Å². The van der Waals surface area contributed by atoms with Gasteiger partial charge in [0, 0.05) is 19.3 Å². The van der Waals surface area contributed by atoms with E-state index < -0.39 is 57.8 Å². The fourth-order valence-electron chi connectivity index (χ4n) is 9.00. The number of esters is 3. The Balaban J connectivity index is 4.65. The third-order valence-corrected chi connectivity index (χ3v) is 14.6. The van der Waals surface area contributed by atoms with Gasteiger partial charge in [-0.3, -0.25) is 23.4 Å². The summed E-state index contributed by atoms with van der Waals surface area (Å²) in [5.41, 5.74) is 0. The number of carbonyl (C=O) groups excluding carboxylic acids is 3. The summed E-state index contributed by atoms with van der Waals surface area (Å²) in [7, 11) is -4.74. The molecule has 0 bridgehead atoms. The molecule has 12 heteroatoms. The molecule has 0 saturated carbocycles. The lowest BCUT2D eigenvalue weighted by atomic mass is 10.0. The van der Waals surface area contributed by atoms with Gasteiger partial charge in [-0.25, -0.2) is 4.57 Å². The molecule has 2 N–H and O–H groups in total. The van der Waals surface area contributed by atoms with E-state index in [0.29, 0.717) is 19.3 Å². The molecule has 0 radical (unpaired) electrons. The first-order valence-electron chi connectivity index (χ1n) is 30.6. The number of aliphatic hydroxyl groups is 1. The molecular weight excluding hydrogens is 928 g/mol. The van der Waals surface area contributed by atoms with Crippen molar-refractivity contribution in [2.24, 2.45) is 0 Å². The quantitative estimate of drug-likeness (QED) is 0.0197. The van der Waals surface area contributed by atoms with Crippen LogP contribution in [0.15, 0.2) is 12.2 Å². The number of allylic oxidation sites excluding steroid dienone is 2. The van der Waals surface area contributed by atoms with Crippen molar-refractivity contribution in [2.45, 2.75) is 328 Å². The highest BCUT2D eigenvalue weighted by Gasteiger charge is 2.28. The molecule has 0 aromatic heterocycles. The first kappa shape index (κ1) is 70.2. The Labute approximate surface area is 443 Å². The number of rotatable bonds is 58. The first-order chi connectivity index (χ1) is 35.2. The van der Waals surface area contributed by atoms with Gasteiger partial charge in [0.15, 0.2) is 6.10 Å². The van der Waals surface area contributed by atoms with Crippen LogP contribution >= 0.6 is 7.82 Å². The highest BCUT2D eigenvalue weighted by atomic mass is 31.2. The van der Waals surface area contributed by atoms with Crippen LogP contribution in [0.1, 0.15) is 316 Å². The predicted molar refractivity (Wildman–Crippen MR) is 298 cm³/mol. The van der Waals surface area contributed by atoms with Gasteiger partial charge in [-0.1, -0.05) is 264 Å². The minimum absolute atomic E-state index is 0.165. The van der Waals surface area contributed by atoms with Gasteiger partial charge in [-0.2, -0.15) is 0 Å². The number of carbonyl (C=O) groups is 3. The molecule has 0 saturated heterocycles. The van der Waals surface area contributed by atoms with E-state index in [0.717, 1.165) is 77.0 Å². The van der Waals surface area contributed by atoms with Crippen LogP contribution in [-0.2, 0) is 42.2 Å². The van der Waals surface area contributed by atoms with Crippen molar-refractivity contribution < 1.29 is 52.2 Å². The molecule has 0 aromatic carbocycles. The van der Waals surface area contributed by atoms with E-state index in [4.69, 9.17) is 23.3 Å². The van der Waals surface area contributed by atoms with Gasteiger partial charge in [0.25, 0.3) is 0 Å². The van der Waals surface area contributed by atoms with Crippen LogP contribution in [-0.4, -0.2) is 66.5 Å². The Bertz CT molecular complexity index is 1260. The first-order valence-corrected chi connectivity index (χ1v) is 32.1. The summed E-state index contributed by atoms with van der Waals surface area (Å²) < 4.78 is 39.6. The maximum Gasteiger partial charge on any atom is 0.472 e. The van der Waals surface area contributed by atoms with Gasteiger partial charge in [-0.15, -0.1) is 0 Å². The molecule has 0 amide bonds. The van der Waals surface area contributed by atoms with Crippen LogP contribution in [0.3, 0.4) is 0 Å². The number of hydrogen-bond acceptors (Lipinski definition) is 10. The lowest BCUT2D eigenvalue weighted by Crippen LogP contribution is -2.30. The molecule has 426 valence electrons. The second-order valence-electron chi connectivity index (χ2n) is 20.9. The highest BCUT2D eigenvalue weighted by Crippen LogP contribution is 2.43. The van der Waals surface area contributed by atoms with E-state index in [9.17, 15) is 28.9 Å². The van der Waals surface area contributed by atoms with Crippen molar-refractivity contribution in [2.75, 3.05) is 26.4 Å². The second kappa shape index (κ2) is 55.5. The van der Waals surface area contributed by atoms with Crippen molar-refractivity contribution >= 4 is 25.7 Å². The summed E-state index contributed by atoms with van der Waals surface area (Å²) >= 11 is 0. The molecule has 72 heavy (non-hydrogen) atoms. The maximum absolute atomic E-state index is 12.9. The summed E-state index contributed by atoms with van der Waals surface area (Å²) in [5.74, 6) is -1.44. The number of unbranched alkanes of at least 4 members (excludes halogenated alkanes) is 39. The van der Waals surface area contributed by atoms with Crippen molar-refractivity contribution in [1.29, 1.82) is 0 Å². The molecule has 0 aliphatic heterocycles. The molecule has 0 aromatic rings. The molecule has 3 atom stereocenters. The van der Waals surface area contributed by atoms with Crippen LogP contribution in [0.4, 0.5) is 0 Å². The van der Waals surface area contributed by atoms with Crippen molar-refractivity contribution in [3.63, 3.8) is 0 Å². The smallest absolute Gasteiger partial charge is 0.462 e. The summed E-state index contributed by atoms with van der Waals surface area (Å²) in [5, 5.41) is 9.80. The van der Waals surface area contributed by atoms with Crippen LogP contribution in [0.2, 0.25) is 0 Å². The normalized spacial score (nSPS) is 13.3. The van der Waals surface area contributed by atoms with Crippen molar-refractivity contribution in [3.05, 3.63) is 12.2 Å². The third-order valence-electron chi connectivity index (χ3n) is 13.7. The van der Waals surface area contributed by atoms with Crippen molar-refractivity contribution in [1.82, 2.24) is 0 Å². The number of hydrogen-bond donors (Lipinski definition) is 2. The van der Waals surface area contributed by atoms with Crippen LogP contribution in [0.25, 0.3) is 0 Å². The summed E-state index contributed by atoms with van der Waals surface area (Å²) in [6.07, 6.45) is 54.6. The number of phosphoric ester groups is 1. The fourth-order valence-corrected chi connectivity index (χ4v) is 9.78. The summed E-state index contributed by atoms with van der Waals surface area (Å²) in [6, 6.07) is 0. The number of aliphatic hydroxyl groups excluding tert-OH is 1. The van der Waals surface area contributed by atoms with Crippen LogP contribution in [0, 0.1) is 0 Å². The van der Waals surface area contributed by atoms with Crippen LogP contribution in [0.5, 0.6) is 0 Å². The van der Waals surface area contributed by atoms with Gasteiger partial charge in [0.1, 0.15) is 12.7 Å². The second-order valence-corrected chi connectivity index (χ2v) is 22.3. The molecule has 0 spiro atoms. The van der Waals surface area contributed by atoms with E-state index in [1.54, 1.807) is 0 Å². The topological polar surface area (TPSA) is 155 Å². The Morgan fingerprint density at radius 1 is 0.375 bits per heavy atom. The largest absolute Gasteiger partial charge is 0.472 e. The standard InChI is InChI=1S/C60H115O11P/c1-4-7-10-13-16-19-22-24-26-27-28-29-31-32-35-37-40-43-46-49-58(62)67-53-57(71-60(64)51-48-45-42-39-36-33-30-25-23-20-17-14-11-8-5-2)55-69-72(65,66)68-54-56(52-61)70-59(63)50-47-44-41-38-34-21-18-15-12-9-6-3/h25,30,56-57,61H,4-24,26-29,31-55H2,1-3H3,(H,65,66)/b30-25-. The fraction of sp³-hybridized carbons (Fsp3) is 0.917. The summed E-state index contributed by atoms with van der Waals surface area (Å²) in [6.45, 7) is 4.69. The van der Waals surface area contributed by atoms with E-state index in [1.165, 1.54) is 180 Å². The Hall–Kier alpha value is -1.78. The van der Waals surface area contributed by atoms with E-state index in [2.05, 4.69) is 32.9 Å². The highest BCUT2D eigenvalue weighted by molar-refractivity contribution is 7.47. The minimum Gasteiger partial charge on any atom is -0.462 e. The average molecular weight is 1040 g/mol. The van der Waals surface area contributed by atoms with Gasteiger partial charge >= 0.3 is 25.7 Å². The molecule has 11 nitrogen and oxygen atoms in total. The van der Waals surface area contributed by atoms with E-state index in [-0.39, 0.29) is 25.9 Å². The molecule has 3 unspecified atom stereocenters. The monoisotopic (exact) mass is 1040 g/mol. The minimum atomic E-state index is -4.74. The Kier molecular flexibility index (Phi) is 54.1. The lowest BCUT2D eigenvalue weighted by molar-refractivity contribution is -0.161. The average Bonchev–Trinajstić information content (AvgIpc) is 3.37. The number of ether oxygens (including phenoxy) is 3. The lowest BCUT2D eigenvalue weighted by Gasteiger charge is -2.21. The van der Waals surface area contributed by atoms with Gasteiger partial charge < -0.3 is 24.2 Å². The maximum atomic E-state index is 12.9. The third kappa shape index (κ3) is 53.1. The zero-order chi connectivity index (χ0) is 52.7. The molecule has 0 heterocycles. The zero-order valence-electron chi connectivity index (χ0n) is 47.2. The molecular formula is C60H115O11P. The molecule has 0 fully saturated rings. The predicted octanol–water partition coefficient (Wildman–Crippen LogP) is 18.0. The van der Waals surface area contributed by atoms with Gasteiger partial charge in [0.2, 0.25) is 0 Å². The molecule has 0 aliphatic rings. The van der Waals surface area contributed by atoms with Gasteiger partial charge in [0.05, 0.1) is 19.8 Å². The summed E-state index contributed by atoms with van der Waals surface area (Å²) in [4.78, 5) is 48.5. The van der Waals surface area contributed by atoms with E-state index >= 15 is 0 Å². The SMILES string of the molecule is CCCCCCCC/C=C\CCCCCCCC(=O)OC(COC(=O)CCCCCCCCCCCCCCCCCCCCC)COP(=O)(O)OCC(CO)OC(=O)CCCCCCCCCCCCC. The number of phosphoric acid groups is 1. The molecule has 0 rings (SSSR count).